The summed E-state index contributed by atoms with van der Waals surface area (Å²) in [5.74, 6) is 3.41. The fourth-order valence-electron chi connectivity index (χ4n) is 3.32. The summed E-state index contributed by atoms with van der Waals surface area (Å²) in [5, 5.41) is 3.72. The zero-order chi connectivity index (χ0) is 13.0. The maximum atomic E-state index is 5.73. The molecule has 106 valence electrons. The fraction of sp³-hybridized carbons (Fsp3) is 1.00. The molecular weight excluding hydrogens is 222 g/mol. The molecule has 2 aliphatic carbocycles. The van der Waals surface area contributed by atoms with Gasteiger partial charge in [0.05, 0.1) is 0 Å². The van der Waals surface area contributed by atoms with Crippen molar-refractivity contribution >= 4 is 0 Å². The minimum absolute atomic E-state index is 0.789. The molecular formula is C16H31NO. The molecule has 2 aliphatic rings. The van der Waals surface area contributed by atoms with Crippen LogP contribution < -0.4 is 5.32 Å². The summed E-state index contributed by atoms with van der Waals surface area (Å²) in [4.78, 5) is 0. The Morgan fingerprint density at radius 3 is 2.50 bits per heavy atom. The molecule has 3 unspecified atom stereocenters. The van der Waals surface area contributed by atoms with Crippen molar-refractivity contribution in [3.63, 3.8) is 0 Å². The number of nitrogens with one attached hydrogen (secondary N) is 1. The fourth-order valence-corrected chi connectivity index (χ4v) is 3.32. The predicted octanol–water partition coefficient (Wildman–Crippen LogP) is 3.46. The molecule has 0 radical (unpaired) electrons. The van der Waals surface area contributed by atoms with Crippen molar-refractivity contribution in [1.82, 2.24) is 5.32 Å². The Hall–Kier alpha value is -0.0800. The van der Waals surface area contributed by atoms with Gasteiger partial charge in [-0.2, -0.15) is 0 Å². The molecule has 0 aromatic heterocycles. The molecule has 2 nitrogen and oxygen atoms in total. The van der Waals surface area contributed by atoms with E-state index >= 15 is 0 Å². The van der Waals surface area contributed by atoms with Crippen molar-refractivity contribution in [3.05, 3.63) is 0 Å². The van der Waals surface area contributed by atoms with E-state index in [1.165, 1.54) is 38.6 Å². The van der Waals surface area contributed by atoms with Gasteiger partial charge >= 0.3 is 0 Å². The van der Waals surface area contributed by atoms with Gasteiger partial charge in [-0.15, -0.1) is 0 Å². The van der Waals surface area contributed by atoms with E-state index in [-0.39, 0.29) is 0 Å². The lowest BCUT2D eigenvalue weighted by Crippen LogP contribution is -2.37. The number of hydrogen-bond donors (Lipinski definition) is 1. The normalized spacial score (nSPS) is 33.0. The number of rotatable bonds is 7. The van der Waals surface area contributed by atoms with Gasteiger partial charge in [-0.3, -0.25) is 0 Å². The zero-order valence-electron chi connectivity index (χ0n) is 12.5. The van der Waals surface area contributed by atoms with Crippen LogP contribution in [0.15, 0.2) is 0 Å². The van der Waals surface area contributed by atoms with Crippen LogP contribution in [0.3, 0.4) is 0 Å². The van der Waals surface area contributed by atoms with Gasteiger partial charge in [-0.25, -0.2) is 0 Å². The third kappa shape index (κ3) is 4.24. The number of hydrogen-bond acceptors (Lipinski definition) is 2. The van der Waals surface area contributed by atoms with Crippen LogP contribution in [0.25, 0.3) is 0 Å². The highest BCUT2D eigenvalue weighted by Gasteiger charge is 2.32. The highest BCUT2D eigenvalue weighted by molar-refractivity contribution is 4.86. The minimum atomic E-state index is 0.789. The van der Waals surface area contributed by atoms with Gasteiger partial charge in [0, 0.05) is 19.3 Å². The quantitative estimate of drug-likeness (QED) is 0.750. The van der Waals surface area contributed by atoms with Crippen molar-refractivity contribution in [3.8, 4) is 0 Å². The largest absolute Gasteiger partial charge is 0.381 e. The molecule has 1 N–H and O–H groups in total. The summed E-state index contributed by atoms with van der Waals surface area (Å²) in [6, 6.07) is 0.848. The van der Waals surface area contributed by atoms with E-state index in [4.69, 9.17) is 4.74 Å². The summed E-state index contributed by atoms with van der Waals surface area (Å²) in [6.07, 6.45) is 7.02. The molecule has 2 fully saturated rings. The van der Waals surface area contributed by atoms with Crippen LogP contribution in [0, 0.1) is 23.7 Å². The van der Waals surface area contributed by atoms with E-state index in [1.54, 1.807) is 0 Å². The molecule has 3 atom stereocenters. The topological polar surface area (TPSA) is 21.3 Å². The maximum Gasteiger partial charge on any atom is 0.0497 e. The van der Waals surface area contributed by atoms with Crippen molar-refractivity contribution in [2.45, 2.75) is 58.9 Å². The second-order valence-corrected chi connectivity index (χ2v) is 6.68. The summed E-state index contributed by atoms with van der Waals surface area (Å²) in [5.41, 5.74) is 0. The molecule has 0 aliphatic heterocycles. The van der Waals surface area contributed by atoms with Gasteiger partial charge in [-0.05, 0) is 69.2 Å². The van der Waals surface area contributed by atoms with E-state index in [1.807, 2.05) is 0 Å². The number of ether oxygens (including phenoxy) is 1. The Morgan fingerprint density at radius 1 is 1.11 bits per heavy atom. The van der Waals surface area contributed by atoms with Crippen molar-refractivity contribution in [2.75, 3.05) is 19.8 Å². The van der Waals surface area contributed by atoms with E-state index in [2.05, 4.69) is 26.1 Å². The molecule has 0 saturated heterocycles. The smallest absolute Gasteiger partial charge is 0.0497 e. The SMILES string of the molecule is CCOCC1CC(C(C)C)CCC1CNC1CC1. The molecule has 18 heavy (non-hydrogen) atoms. The minimum Gasteiger partial charge on any atom is -0.381 e. The van der Waals surface area contributed by atoms with Gasteiger partial charge in [0.25, 0.3) is 0 Å². The third-order valence-corrected chi connectivity index (χ3v) is 4.91. The Bertz CT molecular complexity index is 237. The predicted molar refractivity (Wildman–Crippen MR) is 76.7 cm³/mol. The third-order valence-electron chi connectivity index (χ3n) is 4.91. The van der Waals surface area contributed by atoms with Gasteiger partial charge in [0.15, 0.2) is 0 Å². The van der Waals surface area contributed by atoms with E-state index in [0.717, 1.165) is 42.9 Å². The van der Waals surface area contributed by atoms with Crippen LogP contribution in [0.5, 0.6) is 0 Å². The summed E-state index contributed by atoms with van der Waals surface area (Å²) in [7, 11) is 0. The summed E-state index contributed by atoms with van der Waals surface area (Å²) in [6.45, 7) is 9.95. The molecule has 0 aromatic rings. The van der Waals surface area contributed by atoms with Crippen molar-refractivity contribution < 1.29 is 4.74 Å². The lowest BCUT2D eigenvalue weighted by Gasteiger charge is -2.38. The van der Waals surface area contributed by atoms with E-state index < -0.39 is 0 Å². The highest BCUT2D eigenvalue weighted by Crippen LogP contribution is 2.37. The van der Waals surface area contributed by atoms with E-state index in [9.17, 15) is 0 Å². The van der Waals surface area contributed by atoms with Gasteiger partial charge in [0.1, 0.15) is 0 Å². The monoisotopic (exact) mass is 253 g/mol. The van der Waals surface area contributed by atoms with Crippen LogP contribution in [-0.2, 0) is 4.74 Å². The van der Waals surface area contributed by atoms with Crippen LogP contribution in [-0.4, -0.2) is 25.8 Å². The molecule has 2 rings (SSSR count). The first-order valence-electron chi connectivity index (χ1n) is 8.01. The van der Waals surface area contributed by atoms with Gasteiger partial charge in [0.2, 0.25) is 0 Å². The first kappa shape index (κ1) is 14.3. The van der Waals surface area contributed by atoms with Crippen LogP contribution in [0.4, 0.5) is 0 Å². The Balaban J connectivity index is 1.81. The molecule has 0 spiro atoms. The molecule has 2 saturated carbocycles. The van der Waals surface area contributed by atoms with Gasteiger partial charge < -0.3 is 10.1 Å². The second-order valence-electron chi connectivity index (χ2n) is 6.68. The van der Waals surface area contributed by atoms with Crippen LogP contribution >= 0.6 is 0 Å². The maximum absolute atomic E-state index is 5.73. The zero-order valence-corrected chi connectivity index (χ0v) is 12.5. The molecule has 0 amide bonds. The van der Waals surface area contributed by atoms with Crippen LogP contribution in [0.1, 0.15) is 52.9 Å². The molecule has 2 heteroatoms. The van der Waals surface area contributed by atoms with E-state index in [0.29, 0.717) is 0 Å². The van der Waals surface area contributed by atoms with Crippen LogP contribution in [0.2, 0.25) is 0 Å². The highest BCUT2D eigenvalue weighted by atomic mass is 16.5. The standard InChI is InChI=1S/C16H31NO/c1-4-18-11-15-9-13(12(2)3)5-6-14(15)10-17-16-7-8-16/h12-17H,4-11H2,1-3H3. The Kier molecular flexibility index (Phi) is 5.50. The Labute approximate surface area is 113 Å². The second kappa shape index (κ2) is 6.91. The molecule has 0 aromatic carbocycles. The Morgan fingerprint density at radius 2 is 1.89 bits per heavy atom. The molecule has 0 heterocycles. The average molecular weight is 253 g/mol. The lowest BCUT2D eigenvalue weighted by atomic mass is 9.71. The summed E-state index contributed by atoms with van der Waals surface area (Å²) >= 11 is 0. The molecule has 0 bridgehead atoms. The lowest BCUT2D eigenvalue weighted by molar-refractivity contribution is 0.0425. The first-order chi connectivity index (χ1) is 8.70. The average Bonchev–Trinajstić information content (AvgIpc) is 3.18. The van der Waals surface area contributed by atoms with Crippen molar-refractivity contribution in [2.24, 2.45) is 23.7 Å². The van der Waals surface area contributed by atoms with Gasteiger partial charge in [-0.1, -0.05) is 13.8 Å². The van der Waals surface area contributed by atoms with Crippen molar-refractivity contribution in [1.29, 1.82) is 0 Å². The summed E-state index contributed by atoms with van der Waals surface area (Å²) < 4.78 is 5.73. The first-order valence-corrected chi connectivity index (χ1v) is 8.01.